The normalized spacial score (nSPS) is 14.8. The molecule has 1 fully saturated rings. The van der Waals surface area contributed by atoms with E-state index in [0.29, 0.717) is 18.3 Å². The molecule has 1 heterocycles. The van der Waals surface area contributed by atoms with Crippen LogP contribution in [-0.4, -0.2) is 29.9 Å². The van der Waals surface area contributed by atoms with Crippen LogP contribution in [0.15, 0.2) is 42.5 Å². The van der Waals surface area contributed by atoms with Gasteiger partial charge < -0.3 is 24.1 Å². The number of para-hydroxylation sites is 1. The first kappa shape index (κ1) is 21.0. The smallest absolute Gasteiger partial charge is 0.496 e. The highest BCUT2D eigenvalue weighted by Crippen LogP contribution is 2.35. The predicted octanol–water partition coefficient (Wildman–Crippen LogP) is 5.70. The number of imidazole rings is 1. The van der Waals surface area contributed by atoms with E-state index in [0.717, 1.165) is 41.1 Å². The molecule has 7 heteroatoms. The molecule has 2 aromatic carbocycles. The van der Waals surface area contributed by atoms with Crippen molar-refractivity contribution in [3.8, 4) is 11.5 Å². The van der Waals surface area contributed by atoms with Crippen molar-refractivity contribution in [1.29, 1.82) is 0 Å². The van der Waals surface area contributed by atoms with E-state index in [1.165, 1.54) is 32.8 Å². The molecular weight excluding hydrogens is 394 g/mol. The number of fused-ring (bicyclic) bond motifs is 1. The molecule has 1 aromatic heterocycles. The first-order valence-electron chi connectivity index (χ1n) is 10.8. The Hall–Kier alpha value is -3.22. The van der Waals surface area contributed by atoms with Crippen LogP contribution in [0.4, 0.5) is 10.7 Å². The summed E-state index contributed by atoms with van der Waals surface area (Å²) in [5.41, 5.74) is 2.89. The summed E-state index contributed by atoms with van der Waals surface area (Å²) in [5.74, 6) is 2.09. The molecule has 0 radical (unpaired) electrons. The number of benzene rings is 2. The summed E-state index contributed by atoms with van der Waals surface area (Å²) in [6, 6.07) is 13.9. The zero-order valence-electron chi connectivity index (χ0n) is 18.1. The number of rotatable bonds is 6. The number of nitrogens with one attached hydrogen (secondary N) is 1. The second kappa shape index (κ2) is 9.73. The average Bonchev–Trinajstić information content (AvgIpc) is 2.95. The topological polar surface area (TPSA) is 74.6 Å². The van der Waals surface area contributed by atoms with Crippen molar-refractivity contribution < 1.29 is 19.0 Å². The zero-order chi connectivity index (χ0) is 21.6. The highest BCUT2D eigenvalue weighted by molar-refractivity contribution is 5.81. The van der Waals surface area contributed by atoms with Gasteiger partial charge in [-0.25, -0.2) is 9.78 Å². The molecule has 0 aliphatic heterocycles. The van der Waals surface area contributed by atoms with Crippen LogP contribution in [0.25, 0.3) is 11.0 Å². The second-order valence-corrected chi connectivity index (χ2v) is 7.82. The van der Waals surface area contributed by atoms with Gasteiger partial charge in [-0.3, -0.25) is 0 Å². The number of hydrogen-bond acceptors (Lipinski definition) is 6. The lowest BCUT2D eigenvalue weighted by molar-refractivity contribution is 0.121. The van der Waals surface area contributed by atoms with Crippen molar-refractivity contribution in [2.24, 2.45) is 0 Å². The Bertz CT molecular complexity index is 1040. The Morgan fingerprint density at radius 2 is 1.87 bits per heavy atom. The second-order valence-electron chi connectivity index (χ2n) is 7.82. The Kier molecular flexibility index (Phi) is 6.60. The van der Waals surface area contributed by atoms with E-state index in [9.17, 15) is 4.79 Å². The van der Waals surface area contributed by atoms with Gasteiger partial charge in [0.25, 0.3) is 0 Å². The summed E-state index contributed by atoms with van der Waals surface area (Å²) in [7, 11) is 2.98. The summed E-state index contributed by atoms with van der Waals surface area (Å²) in [6.07, 6.45) is 6.54. The molecular formula is C24H29N3O4. The molecule has 3 aromatic rings. The third-order valence-corrected chi connectivity index (χ3v) is 5.85. The molecule has 4 rings (SSSR count). The van der Waals surface area contributed by atoms with Gasteiger partial charge in [-0.05, 0) is 31.0 Å². The van der Waals surface area contributed by atoms with E-state index < -0.39 is 6.16 Å². The number of methoxy groups -OCH3 is 2. The molecule has 0 bridgehead atoms. The third-order valence-electron chi connectivity index (χ3n) is 5.85. The van der Waals surface area contributed by atoms with E-state index in [-0.39, 0.29) is 0 Å². The number of carbonyl (C=O) groups excluding carboxylic acids is 1. The summed E-state index contributed by atoms with van der Waals surface area (Å²) in [6.45, 7) is 0.603. The maximum atomic E-state index is 11.5. The van der Waals surface area contributed by atoms with E-state index in [1.807, 2.05) is 30.3 Å². The number of carbonyl (C=O) groups is 1. The zero-order valence-corrected chi connectivity index (χ0v) is 18.1. The maximum Gasteiger partial charge on any atom is 0.513 e. The van der Waals surface area contributed by atoms with Gasteiger partial charge in [0.05, 0.1) is 25.3 Å². The van der Waals surface area contributed by atoms with Gasteiger partial charge in [0.2, 0.25) is 5.95 Å². The standard InChI is InChI=1S/C24H29N3O4/c1-29-22-12-8-7-9-17(22)16-25-23-26-20-15-19(31-24(28)30-2)13-14-21(20)27(23)18-10-5-3-4-6-11-18/h7-9,12-15,18H,3-6,10-11,16H2,1-2H3,(H,25,26). The van der Waals surface area contributed by atoms with Gasteiger partial charge >= 0.3 is 6.16 Å². The van der Waals surface area contributed by atoms with E-state index in [1.54, 1.807) is 19.2 Å². The molecule has 164 valence electrons. The third kappa shape index (κ3) is 4.76. The van der Waals surface area contributed by atoms with Crippen LogP contribution in [0.2, 0.25) is 0 Å². The average molecular weight is 424 g/mol. The molecule has 1 aliphatic carbocycles. The van der Waals surface area contributed by atoms with Crippen LogP contribution in [0.3, 0.4) is 0 Å². The van der Waals surface area contributed by atoms with Crippen molar-refractivity contribution in [3.05, 3.63) is 48.0 Å². The molecule has 0 atom stereocenters. The fraction of sp³-hybridized carbons (Fsp3) is 0.417. The highest BCUT2D eigenvalue weighted by Gasteiger charge is 2.21. The quantitative estimate of drug-likeness (QED) is 0.311. The first-order valence-corrected chi connectivity index (χ1v) is 10.8. The van der Waals surface area contributed by atoms with Crippen molar-refractivity contribution >= 4 is 23.1 Å². The first-order chi connectivity index (χ1) is 15.2. The molecule has 0 unspecified atom stereocenters. The summed E-state index contributed by atoms with van der Waals surface area (Å²) in [4.78, 5) is 16.4. The molecule has 0 spiro atoms. The molecule has 31 heavy (non-hydrogen) atoms. The van der Waals surface area contributed by atoms with Crippen LogP contribution < -0.4 is 14.8 Å². The van der Waals surface area contributed by atoms with Crippen LogP contribution in [0.5, 0.6) is 11.5 Å². The van der Waals surface area contributed by atoms with Gasteiger partial charge in [0, 0.05) is 24.2 Å². The molecule has 7 nitrogen and oxygen atoms in total. The lowest BCUT2D eigenvalue weighted by Gasteiger charge is -2.21. The van der Waals surface area contributed by atoms with Crippen LogP contribution >= 0.6 is 0 Å². The lowest BCUT2D eigenvalue weighted by Crippen LogP contribution is -2.13. The SMILES string of the molecule is COC(=O)Oc1ccc2c(c1)nc(NCc1ccccc1OC)n2C1CCCCCC1. The molecule has 0 saturated heterocycles. The van der Waals surface area contributed by atoms with Crippen molar-refractivity contribution in [1.82, 2.24) is 9.55 Å². The van der Waals surface area contributed by atoms with Crippen molar-refractivity contribution in [2.75, 3.05) is 19.5 Å². The number of hydrogen-bond donors (Lipinski definition) is 1. The van der Waals surface area contributed by atoms with Crippen LogP contribution in [-0.2, 0) is 11.3 Å². The minimum absolute atomic E-state index is 0.389. The van der Waals surface area contributed by atoms with Gasteiger partial charge in [-0.15, -0.1) is 0 Å². The van der Waals surface area contributed by atoms with Gasteiger partial charge in [0.1, 0.15) is 11.5 Å². The number of ether oxygens (including phenoxy) is 3. The predicted molar refractivity (Wildman–Crippen MR) is 120 cm³/mol. The monoisotopic (exact) mass is 423 g/mol. The van der Waals surface area contributed by atoms with Gasteiger partial charge in [-0.1, -0.05) is 43.9 Å². The number of aromatic nitrogens is 2. The fourth-order valence-corrected chi connectivity index (χ4v) is 4.31. The minimum atomic E-state index is -0.739. The lowest BCUT2D eigenvalue weighted by atomic mass is 10.1. The van der Waals surface area contributed by atoms with Gasteiger partial charge in [-0.2, -0.15) is 0 Å². The van der Waals surface area contributed by atoms with Crippen molar-refractivity contribution in [2.45, 2.75) is 51.1 Å². The Balaban J connectivity index is 1.68. The number of nitrogens with zero attached hydrogens (tertiary/aromatic N) is 2. The summed E-state index contributed by atoms with van der Waals surface area (Å²) >= 11 is 0. The van der Waals surface area contributed by atoms with E-state index in [4.69, 9.17) is 14.5 Å². The van der Waals surface area contributed by atoms with Crippen molar-refractivity contribution in [3.63, 3.8) is 0 Å². The van der Waals surface area contributed by atoms with Crippen LogP contribution in [0, 0.1) is 0 Å². The fourth-order valence-electron chi connectivity index (χ4n) is 4.31. The summed E-state index contributed by atoms with van der Waals surface area (Å²) < 4.78 is 17.6. The van der Waals surface area contributed by atoms with Crippen LogP contribution in [0.1, 0.15) is 50.1 Å². The Labute approximate surface area is 182 Å². The molecule has 1 saturated carbocycles. The summed E-state index contributed by atoms with van der Waals surface area (Å²) in [5, 5.41) is 3.52. The minimum Gasteiger partial charge on any atom is -0.496 e. The number of anilines is 1. The largest absolute Gasteiger partial charge is 0.513 e. The maximum absolute atomic E-state index is 11.5. The Morgan fingerprint density at radius 3 is 2.61 bits per heavy atom. The highest BCUT2D eigenvalue weighted by atomic mass is 16.7. The van der Waals surface area contributed by atoms with E-state index >= 15 is 0 Å². The molecule has 1 aliphatic rings. The Morgan fingerprint density at radius 1 is 1.10 bits per heavy atom. The molecule has 1 N–H and O–H groups in total. The van der Waals surface area contributed by atoms with E-state index in [2.05, 4.69) is 14.6 Å². The molecule has 0 amide bonds. The van der Waals surface area contributed by atoms with Gasteiger partial charge in [0.15, 0.2) is 0 Å².